The lowest BCUT2D eigenvalue weighted by molar-refractivity contribution is 0.0693. The molecular formula is C8H4FNO3. The van der Waals surface area contributed by atoms with Crippen LogP contribution < -0.4 is 0 Å². The van der Waals surface area contributed by atoms with Gasteiger partial charge in [0.1, 0.15) is 11.6 Å². The van der Waals surface area contributed by atoms with E-state index in [2.05, 4.69) is 0 Å². The van der Waals surface area contributed by atoms with Crippen LogP contribution in [0.15, 0.2) is 12.1 Å². The molecule has 0 aliphatic heterocycles. The first kappa shape index (κ1) is 9.00. The third kappa shape index (κ3) is 1.42. The molecule has 1 rings (SSSR count). The molecule has 0 spiro atoms. The van der Waals surface area contributed by atoms with Crippen molar-refractivity contribution in [2.24, 2.45) is 0 Å². The van der Waals surface area contributed by atoms with Gasteiger partial charge in [-0.1, -0.05) is 0 Å². The second kappa shape index (κ2) is 3.11. The number of nitrogens with zero attached hydrogens (tertiary/aromatic N) is 1. The van der Waals surface area contributed by atoms with E-state index in [0.29, 0.717) is 0 Å². The van der Waals surface area contributed by atoms with Crippen molar-refractivity contribution < 1.29 is 19.4 Å². The molecular weight excluding hydrogens is 177 g/mol. The van der Waals surface area contributed by atoms with Gasteiger partial charge in [-0.05, 0) is 12.1 Å². The van der Waals surface area contributed by atoms with Crippen LogP contribution in [-0.4, -0.2) is 16.2 Å². The molecule has 0 amide bonds. The number of benzene rings is 1. The van der Waals surface area contributed by atoms with Crippen molar-refractivity contribution in [2.45, 2.75) is 0 Å². The number of hydrogen-bond acceptors (Lipinski definition) is 3. The number of hydrogen-bond donors (Lipinski definition) is 2. The average Bonchev–Trinajstić information content (AvgIpc) is 2.09. The highest BCUT2D eigenvalue weighted by Crippen LogP contribution is 2.23. The molecule has 0 aliphatic carbocycles. The minimum Gasteiger partial charge on any atom is -0.504 e. The highest BCUT2D eigenvalue weighted by Gasteiger charge is 2.16. The predicted molar refractivity (Wildman–Crippen MR) is 39.7 cm³/mol. The number of carbonyl (C=O) groups is 1. The molecule has 4 nitrogen and oxygen atoms in total. The summed E-state index contributed by atoms with van der Waals surface area (Å²) < 4.78 is 12.9. The first-order valence-electron chi connectivity index (χ1n) is 3.22. The normalized spacial score (nSPS) is 9.23. The number of rotatable bonds is 1. The Balaban J connectivity index is 3.42. The summed E-state index contributed by atoms with van der Waals surface area (Å²) in [5.41, 5.74) is -0.945. The number of aromatic carboxylic acids is 1. The third-order valence-corrected chi connectivity index (χ3v) is 1.47. The second-order valence-electron chi connectivity index (χ2n) is 2.24. The van der Waals surface area contributed by atoms with Gasteiger partial charge in [-0.3, -0.25) is 0 Å². The van der Waals surface area contributed by atoms with Gasteiger partial charge in [0, 0.05) is 0 Å². The molecule has 66 valence electrons. The SMILES string of the molecule is N#Cc1ccc(C(=O)O)c(O)c1F. The van der Waals surface area contributed by atoms with E-state index in [1.165, 1.54) is 6.07 Å². The van der Waals surface area contributed by atoms with Crippen molar-refractivity contribution in [1.82, 2.24) is 0 Å². The van der Waals surface area contributed by atoms with E-state index in [1.807, 2.05) is 0 Å². The molecule has 1 aromatic rings. The Labute approximate surface area is 72.5 Å². The summed E-state index contributed by atoms with van der Waals surface area (Å²) in [6.07, 6.45) is 0. The van der Waals surface area contributed by atoms with Gasteiger partial charge in [0.25, 0.3) is 0 Å². The van der Waals surface area contributed by atoms with Gasteiger partial charge in [0.2, 0.25) is 0 Å². The standard InChI is InChI=1S/C8H4FNO3/c9-6-4(3-10)1-2-5(7(6)11)8(12)13/h1-2,11H,(H,12,13). The number of halogens is 1. The van der Waals surface area contributed by atoms with E-state index in [0.717, 1.165) is 12.1 Å². The van der Waals surface area contributed by atoms with Gasteiger partial charge in [-0.25, -0.2) is 9.18 Å². The Morgan fingerprint density at radius 2 is 2.15 bits per heavy atom. The zero-order valence-corrected chi connectivity index (χ0v) is 6.28. The van der Waals surface area contributed by atoms with Gasteiger partial charge in [0.05, 0.1) is 5.56 Å². The molecule has 0 bridgehead atoms. The summed E-state index contributed by atoms with van der Waals surface area (Å²) in [6, 6.07) is 3.44. The second-order valence-corrected chi connectivity index (χ2v) is 2.24. The molecule has 5 heteroatoms. The molecule has 1 aromatic carbocycles. The highest BCUT2D eigenvalue weighted by molar-refractivity contribution is 5.91. The fourth-order valence-electron chi connectivity index (χ4n) is 0.823. The van der Waals surface area contributed by atoms with Crippen molar-refractivity contribution in [3.05, 3.63) is 29.1 Å². The van der Waals surface area contributed by atoms with E-state index >= 15 is 0 Å². The maximum Gasteiger partial charge on any atom is 0.339 e. The number of carboxylic acids is 1. The van der Waals surface area contributed by atoms with Crippen LogP contribution in [0.3, 0.4) is 0 Å². The molecule has 0 radical (unpaired) electrons. The van der Waals surface area contributed by atoms with Crippen molar-refractivity contribution >= 4 is 5.97 Å². The van der Waals surface area contributed by atoms with Crippen molar-refractivity contribution in [3.63, 3.8) is 0 Å². The summed E-state index contributed by atoms with van der Waals surface area (Å²) in [6.45, 7) is 0. The Hall–Kier alpha value is -2.09. The monoisotopic (exact) mass is 181 g/mol. The van der Waals surface area contributed by atoms with E-state index in [1.54, 1.807) is 0 Å². The van der Waals surface area contributed by atoms with Crippen LogP contribution in [0.4, 0.5) is 4.39 Å². The lowest BCUT2D eigenvalue weighted by Crippen LogP contribution is -1.99. The van der Waals surface area contributed by atoms with Gasteiger partial charge in [0.15, 0.2) is 11.6 Å². The number of phenols is 1. The lowest BCUT2D eigenvalue weighted by atomic mass is 10.1. The maximum absolute atomic E-state index is 12.9. The van der Waals surface area contributed by atoms with Crippen LogP contribution in [0.25, 0.3) is 0 Å². The van der Waals surface area contributed by atoms with E-state index < -0.39 is 23.1 Å². The fourth-order valence-corrected chi connectivity index (χ4v) is 0.823. The van der Waals surface area contributed by atoms with Gasteiger partial charge >= 0.3 is 5.97 Å². The first-order valence-corrected chi connectivity index (χ1v) is 3.22. The summed E-state index contributed by atoms with van der Waals surface area (Å²) in [7, 11) is 0. The number of carboxylic acid groups (broad SMARTS) is 1. The number of nitriles is 1. The first-order chi connectivity index (χ1) is 6.07. The Morgan fingerprint density at radius 3 is 2.62 bits per heavy atom. The fraction of sp³-hybridized carbons (Fsp3) is 0. The molecule has 0 atom stereocenters. The van der Waals surface area contributed by atoms with E-state index in [4.69, 9.17) is 15.5 Å². The van der Waals surface area contributed by atoms with Gasteiger partial charge < -0.3 is 10.2 Å². The van der Waals surface area contributed by atoms with Crippen molar-refractivity contribution in [2.75, 3.05) is 0 Å². The van der Waals surface area contributed by atoms with E-state index in [-0.39, 0.29) is 5.56 Å². The topological polar surface area (TPSA) is 81.3 Å². The average molecular weight is 181 g/mol. The van der Waals surface area contributed by atoms with Crippen LogP contribution in [0, 0.1) is 17.1 Å². The van der Waals surface area contributed by atoms with E-state index in [9.17, 15) is 9.18 Å². The van der Waals surface area contributed by atoms with Crippen LogP contribution >= 0.6 is 0 Å². The molecule has 0 fully saturated rings. The zero-order valence-electron chi connectivity index (χ0n) is 6.28. The largest absolute Gasteiger partial charge is 0.504 e. The molecule has 0 saturated carbocycles. The Morgan fingerprint density at radius 1 is 1.54 bits per heavy atom. The van der Waals surface area contributed by atoms with Crippen LogP contribution in [0.5, 0.6) is 5.75 Å². The summed E-state index contributed by atoms with van der Waals surface area (Å²) in [5.74, 6) is -3.66. The highest BCUT2D eigenvalue weighted by atomic mass is 19.1. The van der Waals surface area contributed by atoms with Gasteiger partial charge in [-0.15, -0.1) is 0 Å². The Bertz CT molecular complexity index is 409. The summed E-state index contributed by atoms with van der Waals surface area (Å²) in [4.78, 5) is 10.4. The molecule has 13 heavy (non-hydrogen) atoms. The molecule has 2 N–H and O–H groups in total. The van der Waals surface area contributed by atoms with Crippen LogP contribution in [0.2, 0.25) is 0 Å². The van der Waals surface area contributed by atoms with Crippen molar-refractivity contribution in [3.8, 4) is 11.8 Å². The molecule has 0 heterocycles. The zero-order chi connectivity index (χ0) is 10.0. The minimum atomic E-state index is -1.44. The minimum absolute atomic E-state index is 0.387. The predicted octanol–water partition coefficient (Wildman–Crippen LogP) is 1.10. The van der Waals surface area contributed by atoms with Crippen LogP contribution in [-0.2, 0) is 0 Å². The Kier molecular flexibility index (Phi) is 2.15. The lowest BCUT2D eigenvalue weighted by Gasteiger charge is -2.00. The van der Waals surface area contributed by atoms with Crippen LogP contribution in [0.1, 0.15) is 15.9 Å². The summed E-state index contributed by atoms with van der Waals surface area (Å²) in [5, 5.41) is 25.7. The quantitative estimate of drug-likeness (QED) is 0.679. The molecule has 0 aliphatic rings. The maximum atomic E-state index is 12.9. The third-order valence-electron chi connectivity index (χ3n) is 1.47. The smallest absolute Gasteiger partial charge is 0.339 e. The molecule has 0 aromatic heterocycles. The van der Waals surface area contributed by atoms with Gasteiger partial charge in [-0.2, -0.15) is 5.26 Å². The summed E-state index contributed by atoms with van der Waals surface area (Å²) >= 11 is 0. The molecule has 0 saturated heterocycles. The number of aromatic hydroxyl groups is 1. The molecule has 0 unspecified atom stereocenters. The van der Waals surface area contributed by atoms with Crippen molar-refractivity contribution in [1.29, 1.82) is 5.26 Å².